The zero-order chi connectivity index (χ0) is 11.8. The number of nitrogens with zero attached hydrogens (tertiary/aromatic N) is 1. The smallest absolute Gasteiger partial charge is 0.222 e. The minimum Gasteiger partial charge on any atom is -0.345 e. The Kier molecular flexibility index (Phi) is 5.54. The molecule has 0 bridgehead atoms. The van der Waals surface area contributed by atoms with Crippen molar-refractivity contribution in [3.8, 4) is 12.3 Å². The van der Waals surface area contributed by atoms with E-state index in [4.69, 9.17) is 6.42 Å². The van der Waals surface area contributed by atoms with Crippen LogP contribution >= 0.6 is 11.3 Å². The third kappa shape index (κ3) is 4.43. The second-order valence-electron chi connectivity index (χ2n) is 3.32. The lowest BCUT2D eigenvalue weighted by Gasteiger charge is -2.10. The number of nitrogens with one attached hydrogen (secondary N) is 2. The summed E-state index contributed by atoms with van der Waals surface area (Å²) >= 11 is 1.57. The van der Waals surface area contributed by atoms with Crippen molar-refractivity contribution < 1.29 is 4.79 Å². The van der Waals surface area contributed by atoms with Gasteiger partial charge in [-0.1, -0.05) is 5.92 Å². The minimum atomic E-state index is -0.0315. The molecule has 1 unspecified atom stereocenters. The van der Waals surface area contributed by atoms with Crippen molar-refractivity contribution >= 4 is 17.2 Å². The van der Waals surface area contributed by atoms with E-state index in [1.807, 2.05) is 12.3 Å². The van der Waals surface area contributed by atoms with Crippen molar-refractivity contribution in [2.24, 2.45) is 0 Å². The molecule has 0 radical (unpaired) electrons. The third-order valence-corrected chi connectivity index (χ3v) is 2.69. The summed E-state index contributed by atoms with van der Waals surface area (Å²) in [6.07, 6.45) is 5.46. The van der Waals surface area contributed by atoms with Gasteiger partial charge in [0.15, 0.2) is 0 Å². The molecule has 1 rings (SSSR count). The average molecular weight is 237 g/mol. The predicted molar refractivity (Wildman–Crippen MR) is 65.0 cm³/mol. The molecule has 1 amide bonds. The van der Waals surface area contributed by atoms with Crippen LogP contribution in [0, 0.1) is 12.3 Å². The first-order valence-electron chi connectivity index (χ1n) is 5.05. The predicted octanol–water partition coefficient (Wildman–Crippen LogP) is 0.933. The fourth-order valence-electron chi connectivity index (χ4n) is 1.18. The van der Waals surface area contributed by atoms with E-state index in [1.165, 1.54) is 0 Å². The summed E-state index contributed by atoms with van der Waals surface area (Å²) in [4.78, 5) is 15.4. The Morgan fingerprint density at radius 2 is 2.56 bits per heavy atom. The van der Waals surface area contributed by atoms with Gasteiger partial charge >= 0.3 is 0 Å². The highest BCUT2D eigenvalue weighted by atomic mass is 32.1. The maximum Gasteiger partial charge on any atom is 0.222 e. The average Bonchev–Trinajstić information content (AvgIpc) is 2.79. The molecule has 5 heteroatoms. The van der Waals surface area contributed by atoms with Gasteiger partial charge in [0.1, 0.15) is 0 Å². The Morgan fingerprint density at radius 1 is 1.75 bits per heavy atom. The van der Waals surface area contributed by atoms with Crippen LogP contribution in [0.4, 0.5) is 0 Å². The molecule has 1 aromatic heterocycles. The molecule has 0 aliphatic rings. The SMILES string of the molecule is C#CCNC(=O)CCNC(C)c1cscn1. The Hall–Kier alpha value is -1.38. The summed E-state index contributed by atoms with van der Waals surface area (Å²) in [7, 11) is 0. The number of rotatable bonds is 6. The first-order valence-corrected chi connectivity index (χ1v) is 6.00. The number of thiazole rings is 1. The lowest BCUT2D eigenvalue weighted by molar-refractivity contribution is -0.120. The first-order chi connectivity index (χ1) is 7.74. The molecule has 1 atom stereocenters. The van der Waals surface area contributed by atoms with Gasteiger partial charge in [-0.3, -0.25) is 4.79 Å². The largest absolute Gasteiger partial charge is 0.345 e. The van der Waals surface area contributed by atoms with E-state index in [9.17, 15) is 4.79 Å². The van der Waals surface area contributed by atoms with Crippen LogP contribution in [0.1, 0.15) is 25.1 Å². The summed E-state index contributed by atoms with van der Waals surface area (Å²) in [5, 5.41) is 7.83. The molecular formula is C11H15N3OS. The molecule has 4 nitrogen and oxygen atoms in total. The molecule has 86 valence electrons. The number of carbonyl (C=O) groups is 1. The zero-order valence-corrected chi connectivity index (χ0v) is 10.0. The highest BCUT2D eigenvalue weighted by molar-refractivity contribution is 7.07. The summed E-state index contributed by atoms with van der Waals surface area (Å²) in [6, 6.07) is 0.173. The van der Waals surface area contributed by atoms with Crippen molar-refractivity contribution in [2.75, 3.05) is 13.1 Å². The van der Waals surface area contributed by atoms with Crippen LogP contribution in [0.5, 0.6) is 0 Å². The molecule has 0 saturated heterocycles. The number of hydrogen-bond acceptors (Lipinski definition) is 4. The molecule has 1 aromatic rings. The molecule has 0 spiro atoms. The molecular weight excluding hydrogens is 222 g/mol. The molecule has 0 fully saturated rings. The van der Waals surface area contributed by atoms with Gasteiger partial charge in [-0.15, -0.1) is 17.8 Å². The third-order valence-electron chi connectivity index (χ3n) is 2.09. The van der Waals surface area contributed by atoms with Crippen molar-refractivity contribution in [1.29, 1.82) is 0 Å². The van der Waals surface area contributed by atoms with Crippen LogP contribution in [0.25, 0.3) is 0 Å². The van der Waals surface area contributed by atoms with Gasteiger partial charge in [0.2, 0.25) is 5.91 Å². The van der Waals surface area contributed by atoms with Crippen molar-refractivity contribution in [3.05, 3.63) is 16.6 Å². The number of amides is 1. The molecule has 1 heterocycles. The summed E-state index contributed by atoms with van der Waals surface area (Å²) in [6.45, 7) is 2.93. The Balaban J connectivity index is 2.16. The lowest BCUT2D eigenvalue weighted by atomic mass is 10.2. The van der Waals surface area contributed by atoms with E-state index in [-0.39, 0.29) is 11.9 Å². The van der Waals surface area contributed by atoms with Crippen molar-refractivity contribution in [1.82, 2.24) is 15.6 Å². The molecule has 0 aliphatic carbocycles. The van der Waals surface area contributed by atoms with Crippen molar-refractivity contribution in [2.45, 2.75) is 19.4 Å². The Morgan fingerprint density at radius 3 is 3.19 bits per heavy atom. The molecule has 0 saturated carbocycles. The van der Waals surface area contributed by atoms with Crippen LogP contribution in [0.15, 0.2) is 10.9 Å². The summed E-state index contributed by atoms with van der Waals surface area (Å²) < 4.78 is 0. The summed E-state index contributed by atoms with van der Waals surface area (Å²) in [5.74, 6) is 2.33. The molecule has 0 aliphatic heterocycles. The zero-order valence-electron chi connectivity index (χ0n) is 9.19. The fourth-order valence-corrected chi connectivity index (χ4v) is 1.83. The maximum absolute atomic E-state index is 11.2. The van der Waals surface area contributed by atoms with Gasteiger partial charge in [-0.05, 0) is 6.92 Å². The normalized spacial score (nSPS) is 11.8. The van der Waals surface area contributed by atoms with Crippen LogP contribution in [0.2, 0.25) is 0 Å². The Labute approximate surface area is 99.5 Å². The molecule has 2 N–H and O–H groups in total. The van der Waals surface area contributed by atoms with E-state index in [2.05, 4.69) is 21.5 Å². The number of terminal acetylenes is 1. The molecule has 16 heavy (non-hydrogen) atoms. The van der Waals surface area contributed by atoms with Gasteiger partial charge in [0.25, 0.3) is 0 Å². The van der Waals surface area contributed by atoms with Crippen molar-refractivity contribution in [3.63, 3.8) is 0 Å². The van der Waals surface area contributed by atoms with Crippen LogP contribution in [0.3, 0.4) is 0 Å². The van der Waals surface area contributed by atoms with E-state index in [1.54, 1.807) is 16.8 Å². The lowest BCUT2D eigenvalue weighted by Crippen LogP contribution is -2.29. The standard InChI is InChI=1S/C11H15N3OS/c1-3-5-13-11(15)4-6-12-9(2)10-7-16-8-14-10/h1,7-9,12H,4-6H2,2H3,(H,13,15). The van der Waals surface area contributed by atoms with Gasteiger partial charge in [0, 0.05) is 24.4 Å². The van der Waals surface area contributed by atoms with Gasteiger partial charge in [-0.2, -0.15) is 0 Å². The Bertz CT molecular complexity index is 356. The highest BCUT2D eigenvalue weighted by Gasteiger charge is 2.07. The maximum atomic E-state index is 11.2. The van der Waals surface area contributed by atoms with Crippen LogP contribution in [-0.4, -0.2) is 24.0 Å². The second-order valence-corrected chi connectivity index (χ2v) is 4.04. The number of aromatic nitrogens is 1. The quantitative estimate of drug-likeness (QED) is 0.724. The van der Waals surface area contributed by atoms with Gasteiger partial charge in [0.05, 0.1) is 17.7 Å². The fraction of sp³-hybridized carbons (Fsp3) is 0.455. The van der Waals surface area contributed by atoms with Crippen LogP contribution in [-0.2, 0) is 4.79 Å². The minimum absolute atomic E-state index is 0.0315. The van der Waals surface area contributed by atoms with E-state index >= 15 is 0 Å². The monoisotopic (exact) mass is 237 g/mol. The summed E-state index contributed by atoms with van der Waals surface area (Å²) in [5.41, 5.74) is 2.81. The number of hydrogen-bond donors (Lipinski definition) is 2. The van der Waals surface area contributed by atoms with Gasteiger partial charge in [-0.25, -0.2) is 4.98 Å². The van der Waals surface area contributed by atoms with E-state index in [0.29, 0.717) is 19.5 Å². The highest BCUT2D eigenvalue weighted by Crippen LogP contribution is 2.11. The van der Waals surface area contributed by atoms with Crippen LogP contribution < -0.4 is 10.6 Å². The topological polar surface area (TPSA) is 54.0 Å². The first kappa shape index (κ1) is 12.7. The number of carbonyl (C=O) groups excluding carboxylic acids is 1. The second kappa shape index (κ2) is 6.99. The molecule has 0 aromatic carbocycles. The van der Waals surface area contributed by atoms with E-state index in [0.717, 1.165) is 5.69 Å². The van der Waals surface area contributed by atoms with E-state index < -0.39 is 0 Å². The van der Waals surface area contributed by atoms with Gasteiger partial charge < -0.3 is 10.6 Å².